The minimum Gasteiger partial charge on any atom is -0.313 e. The lowest BCUT2D eigenvalue weighted by Gasteiger charge is -2.27. The maximum atomic E-state index is 14.1. The van der Waals surface area contributed by atoms with Crippen LogP contribution in [-0.2, 0) is 0 Å². The van der Waals surface area contributed by atoms with Gasteiger partial charge in [-0.1, -0.05) is 37.8 Å². The third kappa shape index (κ3) is 3.14. The Labute approximate surface area is 114 Å². The van der Waals surface area contributed by atoms with Gasteiger partial charge >= 0.3 is 0 Å². The molecule has 19 heavy (non-hydrogen) atoms. The molecule has 1 aliphatic rings. The van der Waals surface area contributed by atoms with Crippen molar-refractivity contribution in [3.8, 4) is 0 Å². The first-order valence-electron chi connectivity index (χ1n) is 7.27. The molecule has 0 radical (unpaired) electrons. The van der Waals surface area contributed by atoms with E-state index >= 15 is 0 Å². The minimum atomic E-state index is -0.702. The van der Waals surface area contributed by atoms with Crippen molar-refractivity contribution in [2.24, 2.45) is 5.92 Å². The van der Waals surface area contributed by atoms with E-state index in [0.29, 0.717) is 17.0 Å². The van der Waals surface area contributed by atoms with Crippen molar-refractivity contribution in [3.05, 3.63) is 34.9 Å². The van der Waals surface area contributed by atoms with Gasteiger partial charge in [0.2, 0.25) is 0 Å². The second-order valence-electron chi connectivity index (χ2n) is 5.62. The highest BCUT2D eigenvalue weighted by molar-refractivity contribution is 5.28. The number of aryl methyl sites for hydroxylation is 1. The van der Waals surface area contributed by atoms with Crippen LogP contribution >= 0.6 is 0 Å². The maximum Gasteiger partial charge on any atom is 0.163 e. The summed E-state index contributed by atoms with van der Waals surface area (Å²) in [6.45, 7) is 1.60. The molecule has 0 bridgehead atoms. The molecule has 2 rings (SSSR count). The van der Waals surface area contributed by atoms with Crippen molar-refractivity contribution >= 4 is 0 Å². The number of nitrogens with one attached hydrogen (secondary N) is 1. The van der Waals surface area contributed by atoms with E-state index in [9.17, 15) is 8.78 Å². The lowest BCUT2D eigenvalue weighted by molar-refractivity contribution is 0.329. The number of halogens is 2. The van der Waals surface area contributed by atoms with Gasteiger partial charge in [-0.3, -0.25) is 0 Å². The van der Waals surface area contributed by atoms with Gasteiger partial charge in [-0.05, 0) is 38.3 Å². The summed E-state index contributed by atoms with van der Waals surface area (Å²) in [5, 5.41) is 3.20. The highest BCUT2D eigenvalue weighted by Gasteiger charge is 2.26. The second-order valence-corrected chi connectivity index (χ2v) is 5.62. The van der Waals surface area contributed by atoms with E-state index < -0.39 is 11.6 Å². The van der Waals surface area contributed by atoms with Crippen LogP contribution < -0.4 is 5.32 Å². The topological polar surface area (TPSA) is 12.0 Å². The van der Waals surface area contributed by atoms with Gasteiger partial charge in [0.05, 0.1) is 0 Å². The molecular weight excluding hydrogens is 244 g/mol. The molecule has 106 valence electrons. The van der Waals surface area contributed by atoms with Crippen molar-refractivity contribution in [1.29, 1.82) is 0 Å². The van der Waals surface area contributed by atoms with E-state index in [1.54, 1.807) is 19.1 Å². The summed E-state index contributed by atoms with van der Waals surface area (Å²) in [5.41, 5.74) is 0.856. The van der Waals surface area contributed by atoms with Crippen molar-refractivity contribution in [3.63, 3.8) is 0 Å². The summed E-state index contributed by atoms with van der Waals surface area (Å²) in [5.74, 6) is -0.973. The quantitative estimate of drug-likeness (QED) is 0.795. The summed E-state index contributed by atoms with van der Waals surface area (Å²) < 4.78 is 27.9. The molecule has 1 atom stereocenters. The van der Waals surface area contributed by atoms with Gasteiger partial charge in [0.25, 0.3) is 0 Å². The van der Waals surface area contributed by atoms with Gasteiger partial charge in [-0.2, -0.15) is 0 Å². The van der Waals surface area contributed by atoms with Crippen LogP contribution in [0.25, 0.3) is 0 Å². The Kier molecular flexibility index (Phi) is 4.92. The smallest absolute Gasteiger partial charge is 0.163 e. The molecule has 1 aromatic rings. The van der Waals surface area contributed by atoms with E-state index in [1.807, 2.05) is 7.05 Å². The number of hydrogen-bond acceptors (Lipinski definition) is 1. The normalized spacial score (nSPS) is 19.2. The molecule has 0 spiro atoms. The van der Waals surface area contributed by atoms with Gasteiger partial charge in [0, 0.05) is 11.6 Å². The van der Waals surface area contributed by atoms with Crippen molar-refractivity contribution in [2.45, 2.75) is 51.5 Å². The van der Waals surface area contributed by atoms with Crippen LogP contribution in [0, 0.1) is 24.5 Å². The fraction of sp³-hybridized carbons (Fsp3) is 0.625. The van der Waals surface area contributed by atoms with Crippen LogP contribution in [0.3, 0.4) is 0 Å². The summed E-state index contributed by atoms with van der Waals surface area (Å²) in [4.78, 5) is 0. The summed E-state index contributed by atoms with van der Waals surface area (Å²) in [6, 6.07) is 3.34. The summed E-state index contributed by atoms with van der Waals surface area (Å²) in [6.07, 6.45) is 7.11. The van der Waals surface area contributed by atoms with E-state index in [4.69, 9.17) is 0 Å². The average molecular weight is 267 g/mol. The maximum absolute atomic E-state index is 14.1. The second kappa shape index (κ2) is 6.47. The molecule has 0 aliphatic heterocycles. The molecule has 1 saturated carbocycles. The van der Waals surface area contributed by atoms with Gasteiger partial charge in [-0.15, -0.1) is 0 Å². The molecule has 1 unspecified atom stereocenters. The highest BCUT2D eigenvalue weighted by Crippen LogP contribution is 2.35. The third-order valence-corrected chi connectivity index (χ3v) is 4.32. The van der Waals surface area contributed by atoms with Crippen LogP contribution in [0.4, 0.5) is 8.78 Å². The van der Waals surface area contributed by atoms with Crippen molar-refractivity contribution < 1.29 is 8.78 Å². The van der Waals surface area contributed by atoms with E-state index in [-0.39, 0.29) is 6.04 Å². The van der Waals surface area contributed by atoms with Crippen molar-refractivity contribution in [1.82, 2.24) is 5.32 Å². The molecule has 0 heterocycles. The van der Waals surface area contributed by atoms with Gasteiger partial charge in [0.1, 0.15) is 0 Å². The zero-order valence-electron chi connectivity index (χ0n) is 11.8. The summed E-state index contributed by atoms with van der Waals surface area (Å²) in [7, 11) is 1.84. The number of benzene rings is 1. The third-order valence-electron chi connectivity index (χ3n) is 4.32. The van der Waals surface area contributed by atoms with Crippen molar-refractivity contribution in [2.75, 3.05) is 7.05 Å². The molecule has 0 amide bonds. The molecule has 1 N–H and O–H groups in total. The van der Waals surface area contributed by atoms with Crippen LogP contribution in [0.2, 0.25) is 0 Å². The molecule has 3 heteroatoms. The SMILES string of the molecule is CNC(c1ccc(C)c(F)c1F)C1CCCCCC1. The Morgan fingerprint density at radius 2 is 1.68 bits per heavy atom. The van der Waals surface area contributed by atoms with Crippen LogP contribution in [-0.4, -0.2) is 7.05 Å². The highest BCUT2D eigenvalue weighted by atomic mass is 19.2. The summed E-state index contributed by atoms with van der Waals surface area (Å²) >= 11 is 0. The van der Waals surface area contributed by atoms with E-state index in [0.717, 1.165) is 12.8 Å². The molecule has 1 aliphatic carbocycles. The fourth-order valence-electron chi connectivity index (χ4n) is 3.19. The van der Waals surface area contributed by atoms with Gasteiger partial charge < -0.3 is 5.32 Å². The molecule has 0 saturated heterocycles. The van der Waals surface area contributed by atoms with Crippen LogP contribution in [0.1, 0.15) is 55.7 Å². The first kappa shape index (κ1) is 14.4. The Hall–Kier alpha value is -0.960. The van der Waals surface area contributed by atoms with Gasteiger partial charge in [0.15, 0.2) is 11.6 Å². The number of rotatable bonds is 3. The lowest BCUT2D eigenvalue weighted by atomic mass is 9.86. The average Bonchev–Trinajstić information content (AvgIpc) is 2.69. The predicted octanol–water partition coefficient (Wildman–Crippen LogP) is 4.50. The fourth-order valence-corrected chi connectivity index (χ4v) is 3.19. The molecule has 1 aromatic carbocycles. The molecular formula is C16H23F2N. The van der Waals surface area contributed by atoms with Crippen LogP contribution in [0.15, 0.2) is 12.1 Å². The molecule has 1 fully saturated rings. The Balaban J connectivity index is 2.28. The minimum absolute atomic E-state index is 0.0757. The Bertz CT molecular complexity index is 423. The first-order chi connectivity index (χ1) is 9.15. The molecule has 1 nitrogen and oxygen atoms in total. The Morgan fingerprint density at radius 3 is 2.26 bits per heavy atom. The zero-order valence-corrected chi connectivity index (χ0v) is 11.8. The zero-order chi connectivity index (χ0) is 13.8. The lowest BCUT2D eigenvalue weighted by Crippen LogP contribution is -2.26. The standard InChI is InChI=1S/C16H23F2N/c1-11-9-10-13(15(18)14(11)17)16(19-2)12-7-5-3-4-6-8-12/h9-10,12,16,19H,3-8H2,1-2H3. The predicted molar refractivity (Wildman–Crippen MR) is 74.1 cm³/mol. The number of hydrogen-bond donors (Lipinski definition) is 1. The Morgan fingerprint density at radius 1 is 1.05 bits per heavy atom. The first-order valence-corrected chi connectivity index (χ1v) is 7.27. The van der Waals surface area contributed by atoms with E-state index in [1.165, 1.54) is 25.7 Å². The van der Waals surface area contributed by atoms with E-state index in [2.05, 4.69) is 5.32 Å². The van der Waals surface area contributed by atoms with Crippen LogP contribution in [0.5, 0.6) is 0 Å². The largest absolute Gasteiger partial charge is 0.313 e. The molecule has 0 aromatic heterocycles. The van der Waals surface area contributed by atoms with Gasteiger partial charge in [-0.25, -0.2) is 8.78 Å². The monoisotopic (exact) mass is 267 g/mol.